The topological polar surface area (TPSA) is 146 Å². The Morgan fingerprint density at radius 1 is 1.35 bits per heavy atom. The molecule has 0 saturated carbocycles. The van der Waals surface area contributed by atoms with Crippen molar-refractivity contribution in [1.82, 2.24) is 10.3 Å². The van der Waals surface area contributed by atoms with E-state index in [2.05, 4.69) is 10.3 Å². The van der Waals surface area contributed by atoms with Gasteiger partial charge in [-0.15, -0.1) is 11.3 Å². The van der Waals surface area contributed by atoms with Gasteiger partial charge in [-0.3, -0.25) is 14.4 Å². The highest BCUT2D eigenvalue weighted by atomic mass is 32.1. The summed E-state index contributed by atoms with van der Waals surface area (Å²) in [6.45, 7) is 1.27. The number of anilines is 1. The first kappa shape index (κ1) is 15.6. The van der Waals surface area contributed by atoms with Gasteiger partial charge in [0.25, 0.3) is 5.91 Å². The number of aliphatic carboxylic acids is 2. The molecule has 2 amide bonds. The third kappa shape index (κ3) is 4.65. The lowest BCUT2D eigenvalue weighted by Crippen LogP contribution is -2.42. The van der Waals surface area contributed by atoms with Gasteiger partial charge in [0.15, 0.2) is 5.13 Å². The van der Waals surface area contributed by atoms with Gasteiger partial charge in [-0.05, 0) is 0 Å². The monoisotopic (exact) mass is 301 g/mol. The van der Waals surface area contributed by atoms with Crippen molar-refractivity contribution in [2.24, 2.45) is 0 Å². The van der Waals surface area contributed by atoms with E-state index in [9.17, 15) is 19.2 Å². The smallest absolute Gasteiger partial charge is 0.326 e. The van der Waals surface area contributed by atoms with Gasteiger partial charge in [-0.2, -0.15) is 0 Å². The molecule has 0 aliphatic rings. The van der Waals surface area contributed by atoms with E-state index >= 15 is 0 Å². The Hall–Kier alpha value is -2.49. The maximum Gasteiger partial charge on any atom is 0.326 e. The molecule has 0 unspecified atom stereocenters. The molecule has 1 rings (SSSR count). The fourth-order valence-electron chi connectivity index (χ4n) is 1.19. The standard InChI is InChI=1S/C10H11N3O6S/c1-4(14)11-10-13-6(3-20-10)8(17)12-5(9(18)19)2-7(15)16/h3,5H,2H2,1H3,(H,12,17)(H,15,16)(H,18,19)(H,11,13,14)/t5-/m1/s1. The molecule has 0 spiro atoms. The lowest BCUT2D eigenvalue weighted by molar-refractivity contribution is -0.145. The van der Waals surface area contributed by atoms with Crippen LogP contribution in [0.25, 0.3) is 0 Å². The number of hydrogen-bond acceptors (Lipinski definition) is 6. The third-order valence-corrected chi connectivity index (χ3v) is 2.76. The van der Waals surface area contributed by atoms with Crippen molar-refractivity contribution in [2.75, 3.05) is 5.32 Å². The van der Waals surface area contributed by atoms with Gasteiger partial charge in [0.2, 0.25) is 5.91 Å². The zero-order valence-electron chi connectivity index (χ0n) is 10.2. The van der Waals surface area contributed by atoms with Crippen LogP contribution in [-0.4, -0.2) is 45.0 Å². The molecule has 20 heavy (non-hydrogen) atoms. The maximum atomic E-state index is 11.7. The normalized spacial score (nSPS) is 11.4. The molecule has 1 aromatic rings. The van der Waals surface area contributed by atoms with Crippen LogP contribution in [-0.2, 0) is 14.4 Å². The molecule has 108 valence electrons. The summed E-state index contributed by atoms with van der Waals surface area (Å²) in [6, 6.07) is -1.55. The van der Waals surface area contributed by atoms with Crippen LogP contribution < -0.4 is 10.6 Å². The van der Waals surface area contributed by atoms with E-state index in [1.54, 1.807) is 0 Å². The minimum absolute atomic E-state index is 0.101. The van der Waals surface area contributed by atoms with E-state index in [0.717, 1.165) is 11.3 Å². The second kappa shape index (κ2) is 6.61. The first-order valence-electron chi connectivity index (χ1n) is 5.28. The molecule has 9 nitrogen and oxygen atoms in total. The minimum atomic E-state index is -1.55. The summed E-state index contributed by atoms with van der Waals surface area (Å²) in [5, 5.41) is 23.2. The van der Waals surface area contributed by atoms with Gasteiger partial charge in [0.05, 0.1) is 6.42 Å². The average Bonchev–Trinajstić information content (AvgIpc) is 2.74. The van der Waals surface area contributed by atoms with Crippen LogP contribution in [0.3, 0.4) is 0 Å². The van der Waals surface area contributed by atoms with Crippen LogP contribution in [0.5, 0.6) is 0 Å². The Morgan fingerprint density at radius 2 is 2.00 bits per heavy atom. The molecule has 0 aromatic carbocycles. The Balaban J connectivity index is 2.73. The molecule has 0 radical (unpaired) electrons. The van der Waals surface area contributed by atoms with Crippen molar-refractivity contribution >= 4 is 40.2 Å². The van der Waals surface area contributed by atoms with Gasteiger partial charge in [0, 0.05) is 12.3 Å². The number of hydrogen-bond donors (Lipinski definition) is 4. The number of nitrogens with zero attached hydrogens (tertiary/aromatic N) is 1. The highest BCUT2D eigenvalue weighted by molar-refractivity contribution is 7.14. The largest absolute Gasteiger partial charge is 0.481 e. The number of thiazole rings is 1. The summed E-state index contributed by atoms with van der Waals surface area (Å²) in [7, 11) is 0. The summed E-state index contributed by atoms with van der Waals surface area (Å²) in [4.78, 5) is 47.6. The van der Waals surface area contributed by atoms with Crippen molar-refractivity contribution < 1.29 is 29.4 Å². The number of rotatable bonds is 6. The second-order valence-electron chi connectivity index (χ2n) is 3.68. The van der Waals surface area contributed by atoms with Gasteiger partial charge in [-0.1, -0.05) is 0 Å². The Kier molecular flexibility index (Phi) is 5.15. The average molecular weight is 301 g/mol. The quantitative estimate of drug-likeness (QED) is 0.567. The highest BCUT2D eigenvalue weighted by Crippen LogP contribution is 2.15. The van der Waals surface area contributed by atoms with Crippen LogP contribution in [0.4, 0.5) is 5.13 Å². The van der Waals surface area contributed by atoms with E-state index in [1.165, 1.54) is 12.3 Å². The lowest BCUT2D eigenvalue weighted by Gasteiger charge is -2.10. The molecule has 1 atom stereocenters. The van der Waals surface area contributed by atoms with Crippen LogP contribution in [0, 0.1) is 0 Å². The first-order chi connectivity index (χ1) is 9.29. The van der Waals surface area contributed by atoms with Crippen LogP contribution in [0.15, 0.2) is 5.38 Å². The number of carbonyl (C=O) groups is 4. The fraction of sp³-hybridized carbons (Fsp3) is 0.300. The molecular formula is C10H11N3O6S. The van der Waals surface area contributed by atoms with Crippen molar-refractivity contribution in [3.63, 3.8) is 0 Å². The first-order valence-corrected chi connectivity index (χ1v) is 6.16. The summed E-state index contributed by atoms with van der Waals surface area (Å²) >= 11 is 0.988. The Labute approximate surface area is 116 Å². The number of aromatic nitrogens is 1. The summed E-state index contributed by atoms with van der Waals surface area (Å²) in [6.07, 6.45) is -0.746. The Morgan fingerprint density at radius 3 is 2.50 bits per heavy atom. The lowest BCUT2D eigenvalue weighted by atomic mass is 10.2. The third-order valence-electron chi connectivity index (χ3n) is 2.00. The molecule has 0 aliphatic carbocycles. The molecule has 0 saturated heterocycles. The van der Waals surface area contributed by atoms with E-state index in [4.69, 9.17) is 10.2 Å². The number of carbonyl (C=O) groups excluding carboxylic acids is 2. The maximum absolute atomic E-state index is 11.7. The van der Waals surface area contributed by atoms with Gasteiger partial charge in [0.1, 0.15) is 11.7 Å². The van der Waals surface area contributed by atoms with E-state index < -0.39 is 30.3 Å². The molecule has 0 aliphatic heterocycles. The zero-order chi connectivity index (χ0) is 15.3. The molecule has 4 N–H and O–H groups in total. The SMILES string of the molecule is CC(=O)Nc1nc(C(=O)N[C@H](CC(=O)O)C(=O)O)cs1. The van der Waals surface area contributed by atoms with E-state index in [1.807, 2.05) is 5.32 Å². The van der Waals surface area contributed by atoms with Gasteiger partial charge < -0.3 is 20.8 Å². The molecule has 0 bridgehead atoms. The molecule has 10 heteroatoms. The molecule has 0 fully saturated rings. The Bertz CT molecular complexity index is 555. The predicted octanol–water partition coefficient (Wildman–Crippen LogP) is -0.241. The fourth-order valence-corrected chi connectivity index (χ4v) is 1.93. The van der Waals surface area contributed by atoms with Gasteiger partial charge in [-0.25, -0.2) is 9.78 Å². The minimum Gasteiger partial charge on any atom is -0.481 e. The van der Waals surface area contributed by atoms with Crippen molar-refractivity contribution in [3.8, 4) is 0 Å². The molecule has 1 aromatic heterocycles. The van der Waals surface area contributed by atoms with E-state index in [0.29, 0.717) is 0 Å². The molecular weight excluding hydrogens is 290 g/mol. The highest BCUT2D eigenvalue weighted by Gasteiger charge is 2.24. The van der Waals surface area contributed by atoms with Crippen molar-refractivity contribution in [2.45, 2.75) is 19.4 Å². The number of nitrogens with one attached hydrogen (secondary N) is 2. The summed E-state index contributed by atoms with van der Waals surface area (Å²) < 4.78 is 0. The number of amides is 2. The zero-order valence-corrected chi connectivity index (χ0v) is 11.1. The van der Waals surface area contributed by atoms with Crippen molar-refractivity contribution in [1.29, 1.82) is 0 Å². The van der Waals surface area contributed by atoms with E-state index in [-0.39, 0.29) is 16.7 Å². The van der Waals surface area contributed by atoms with Crippen molar-refractivity contribution in [3.05, 3.63) is 11.1 Å². The second-order valence-corrected chi connectivity index (χ2v) is 4.54. The van der Waals surface area contributed by atoms with Crippen LogP contribution in [0.2, 0.25) is 0 Å². The molecule has 1 heterocycles. The predicted molar refractivity (Wildman–Crippen MR) is 67.6 cm³/mol. The van der Waals surface area contributed by atoms with Crippen LogP contribution in [0.1, 0.15) is 23.8 Å². The summed E-state index contributed by atoms with van der Waals surface area (Å²) in [5.41, 5.74) is -0.101. The van der Waals surface area contributed by atoms with Crippen LogP contribution >= 0.6 is 11.3 Å². The summed E-state index contributed by atoms with van der Waals surface area (Å²) in [5.74, 6) is -4.00. The number of carboxylic acids is 2. The van der Waals surface area contributed by atoms with Gasteiger partial charge >= 0.3 is 11.9 Å². The number of carboxylic acid groups (broad SMARTS) is 2.